The first kappa shape index (κ1) is 20.4. The van der Waals surface area contributed by atoms with Crippen molar-refractivity contribution in [1.82, 2.24) is 4.31 Å². The maximum absolute atomic E-state index is 13.1. The lowest BCUT2D eigenvalue weighted by Crippen LogP contribution is -2.30. The highest BCUT2D eigenvalue weighted by atomic mass is 32.2. The largest absolute Gasteiger partial charge is 0.494 e. The van der Waals surface area contributed by atoms with E-state index in [0.717, 1.165) is 0 Å². The summed E-state index contributed by atoms with van der Waals surface area (Å²) in [5.41, 5.74) is 0.357. The Kier molecular flexibility index (Phi) is 6.11. The lowest BCUT2D eigenvalue weighted by Gasteiger charge is -2.23. The van der Waals surface area contributed by atoms with E-state index in [4.69, 9.17) is 9.47 Å². The molecule has 1 unspecified atom stereocenters. The second kappa shape index (κ2) is 8.38. The Morgan fingerprint density at radius 2 is 1.96 bits per heavy atom. The Hall–Kier alpha value is -2.30. The van der Waals surface area contributed by atoms with Gasteiger partial charge in [0.25, 0.3) is 0 Å². The molecule has 0 spiro atoms. The summed E-state index contributed by atoms with van der Waals surface area (Å²) in [6.07, 6.45) is 0. The zero-order valence-corrected chi connectivity index (χ0v) is 17.0. The minimum absolute atomic E-state index is 0.137. The molecule has 0 saturated carbocycles. The van der Waals surface area contributed by atoms with Gasteiger partial charge < -0.3 is 9.47 Å². The van der Waals surface area contributed by atoms with E-state index in [-0.39, 0.29) is 16.3 Å². The zero-order chi connectivity index (χ0) is 20.3. The summed E-state index contributed by atoms with van der Waals surface area (Å²) < 4.78 is 38.0. The molecule has 1 atom stereocenters. The number of rotatable bonds is 7. The van der Waals surface area contributed by atoms with Crippen LogP contribution in [0.2, 0.25) is 0 Å². The fourth-order valence-electron chi connectivity index (χ4n) is 2.98. The minimum Gasteiger partial charge on any atom is -0.494 e. The van der Waals surface area contributed by atoms with Crippen molar-refractivity contribution >= 4 is 27.5 Å². The monoisotopic (exact) mass is 424 g/mol. The number of hydrogen-bond acceptors (Lipinski definition) is 7. The van der Waals surface area contributed by atoms with E-state index >= 15 is 0 Å². The van der Waals surface area contributed by atoms with Crippen molar-refractivity contribution in [3.05, 3.63) is 58.1 Å². The van der Waals surface area contributed by atoms with Crippen LogP contribution in [0, 0.1) is 10.1 Å². The van der Waals surface area contributed by atoms with E-state index in [2.05, 4.69) is 0 Å². The molecule has 1 fully saturated rings. The molecule has 1 saturated heterocycles. The number of thioether (sulfide) groups is 1. The maximum atomic E-state index is 13.1. The van der Waals surface area contributed by atoms with Gasteiger partial charge in [0.15, 0.2) is 5.75 Å². The highest BCUT2D eigenvalue weighted by Gasteiger charge is 2.37. The van der Waals surface area contributed by atoms with E-state index in [1.807, 2.05) is 6.92 Å². The minimum atomic E-state index is -3.76. The molecular formula is C18H20N2O6S2. The summed E-state index contributed by atoms with van der Waals surface area (Å²) in [5, 5.41) is 10.8. The lowest BCUT2D eigenvalue weighted by molar-refractivity contribution is -0.385. The van der Waals surface area contributed by atoms with Gasteiger partial charge in [0.2, 0.25) is 10.0 Å². The predicted molar refractivity (Wildman–Crippen MR) is 106 cm³/mol. The third-order valence-electron chi connectivity index (χ3n) is 4.28. The van der Waals surface area contributed by atoms with Crippen molar-refractivity contribution in [3.8, 4) is 11.5 Å². The molecule has 0 radical (unpaired) electrons. The molecule has 2 aromatic rings. The summed E-state index contributed by atoms with van der Waals surface area (Å²) in [5.74, 6) is 1.33. The number of sulfonamides is 1. The molecule has 1 heterocycles. The van der Waals surface area contributed by atoms with E-state index in [1.54, 1.807) is 18.2 Å². The van der Waals surface area contributed by atoms with Gasteiger partial charge in [-0.1, -0.05) is 6.07 Å². The smallest absolute Gasteiger partial charge is 0.311 e. The number of nitro groups is 1. The predicted octanol–water partition coefficient (Wildman–Crippen LogP) is 3.44. The average molecular weight is 425 g/mol. The Balaban J connectivity index is 1.94. The van der Waals surface area contributed by atoms with E-state index in [1.165, 1.54) is 47.4 Å². The first-order chi connectivity index (χ1) is 13.4. The van der Waals surface area contributed by atoms with Crippen LogP contribution in [-0.2, 0) is 10.0 Å². The maximum Gasteiger partial charge on any atom is 0.311 e. The molecule has 0 aliphatic carbocycles. The number of methoxy groups -OCH3 is 1. The molecular weight excluding hydrogens is 404 g/mol. The molecule has 1 aliphatic heterocycles. The molecule has 10 heteroatoms. The summed E-state index contributed by atoms with van der Waals surface area (Å²) in [6.45, 7) is 2.67. The second-order valence-electron chi connectivity index (χ2n) is 5.93. The Morgan fingerprint density at radius 3 is 2.57 bits per heavy atom. The van der Waals surface area contributed by atoms with E-state index in [9.17, 15) is 18.5 Å². The van der Waals surface area contributed by atoms with Crippen LogP contribution >= 0.6 is 11.8 Å². The summed E-state index contributed by atoms with van der Waals surface area (Å²) >= 11 is 1.43. The first-order valence-corrected chi connectivity index (χ1v) is 11.1. The summed E-state index contributed by atoms with van der Waals surface area (Å²) in [6, 6.07) is 10.8. The quantitative estimate of drug-likeness (QED) is 0.496. The molecule has 0 aromatic heterocycles. The lowest BCUT2D eigenvalue weighted by atomic mass is 10.2. The molecule has 1 aliphatic rings. The number of benzene rings is 2. The van der Waals surface area contributed by atoms with Crippen molar-refractivity contribution in [1.29, 1.82) is 0 Å². The number of ether oxygens (including phenoxy) is 2. The number of nitrogens with zero attached hydrogens (tertiary/aromatic N) is 2. The third kappa shape index (κ3) is 3.94. The highest BCUT2D eigenvalue weighted by Crippen LogP contribution is 2.43. The van der Waals surface area contributed by atoms with Gasteiger partial charge in [-0.05, 0) is 42.8 Å². The van der Waals surface area contributed by atoms with Crippen LogP contribution in [0.25, 0.3) is 0 Å². The highest BCUT2D eigenvalue weighted by molar-refractivity contribution is 8.01. The van der Waals surface area contributed by atoms with Crippen molar-refractivity contribution in [2.24, 2.45) is 0 Å². The molecule has 0 N–H and O–H groups in total. The van der Waals surface area contributed by atoms with Crippen molar-refractivity contribution in [3.63, 3.8) is 0 Å². The first-order valence-electron chi connectivity index (χ1n) is 8.57. The summed E-state index contributed by atoms with van der Waals surface area (Å²) in [7, 11) is -2.40. The zero-order valence-electron chi connectivity index (χ0n) is 15.4. The van der Waals surface area contributed by atoms with Crippen molar-refractivity contribution < 1.29 is 22.8 Å². The Bertz CT molecular complexity index is 963. The SMILES string of the molecule is CCOc1ccc(S(=O)(=O)N2CCSC2c2ccc(OC)c([N+](=O)[O-])c2)cc1. The van der Waals surface area contributed by atoms with Gasteiger partial charge in [0.05, 0.1) is 28.9 Å². The van der Waals surface area contributed by atoms with Gasteiger partial charge in [-0.2, -0.15) is 4.31 Å². The van der Waals surface area contributed by atoms with Gasteiger partial charge in [-0.25, -0.2) is 8.42 Å². The van der Waals surface area contributed by atoms with Crippen LogP contribution in [0.5, 0.6) is 11.5 Å². The molecule has 8 nitrogen and oxygen atoms in total. The molecule has 28 heavy (non-hydrogen) atoms. The van der Waals surface area contributed by atoms with E-state index < -0.39 is 20.3 Å². The topological polar surface area (TPSA) is 99.0 Å². The van der Waals surface area contributed by atoms with Gasteiger partial charge in [-0.15, -0.1) is 11.8 Å². The van der Waals surface area contributed by atoms with Gasteiger partial charge >= 0.3 is 5.69 Å². The van der Waals surface area contributed by atoms with Crippen molar-refractivity contribution in [2.45, 2.75) is 17.2 Å². The second-order valence-corrected chi connectivity index (χ2v) is 9.01. The molecule has 150 valence electrons. The number of hydrogen-bond donors (Lipinski definition) is 0. The normalized spacial score (nSPS) is 17.4. The standard InChI is InChI=1S/C18H20N2O6S2/c1-3-26-14-5-7-15(8-6-14)28(23,24)19-10-11-27-18(19)13-4-9-17(25-2)16(12-13)20(21)22/h4-9,12,18H,3,10-11H2,1-2H3. The fourth-order valence-corrected chi connectivity index (χ4v) is 6.21. The van der Waals surface area contributed by atoms with Crippen LogP contribution in [0.15, 0.2) is 47.4 Å². The van der Waals surface area contributed by atoms with Crippen LogP contribution in [-0.4, -0.2) is 43.7 Å². The third-order valence-corrected chi connectivity index (χ3v) is 7.55. The molecule has 3 rings (SSSR count). The fraction of sp³-hybridized carbons (Fsp3) is 0.333. The van der Waals surface area contributed by atoms with Gasteiger partial charge in [0.1, 0.15) is 5.75 Å². The van der Waals surface area contributed by atoms with E-state index in [0.29, 0.717) is 30.2 Å². The van der Waals surface area contributed by atoms with Crippen LogP contribution in [0.3, 0.4) is 0 Å². The van der Waals surface area contributed by atoms with Crippen molar-refractivity contribution in [2.75, 3.05) is 26.0 Å². The van der Waals surface area contributed by atoms with Gasteiger partial charge in [0, 0.05) is 18.4 Å². The Labute approximate surface area is 167 Å². The Morgan fingerprint density at radius 1 is 1.25 bits per heavy atom. The molecule has 2 aromatic carbocycles. The van der Waals surface area contributed by atoms with Crippen LogP contribution in [0.4, 0.5) is 5.69 Å². The summed E-state index contributed by atoms with van der Waals surface area (Å²) in [4.78, 5) is 10.9. The number of nitro benzene ring substituents is 1. The van der Waals surface area contributed by atoms with Crippen LogP contribution < -0.4 is 9.47 Å². The van der Waals surface area contributed by atoms with Crippen LogP contribution in [0.1, 0.15) is 17.9 Å². The molecule has 0 amide bonds. The molecule has 0 bridgehead atoms. The van der Waals surface area contributed by atoms with Gasteiger partial charge in [-0.3, -0.25) is 10.1 Å². The average Bonchev–Trinajstić information content (AvgIpc) is 3.19.